The molecule has 0 radical (unpaired) electrons. The van der Waals surface area contributed by atoms with Gasteiger partial charge in [-0.3, -0.25) is 0 Å². The lowest BCUT2D eigenvalue weighted by Crippen LogP contribution is -2.18. The Kier molecular flexibility index (Phi) is 4.50. The number of nitrogens with zero attached hydrogens (tertiary/aromatic N) is 2. The van der Waals surface area contributed by atoms with Crippen LogP contribution in [0.15, 0.2) is 30.3 Å². The summed E-state index contributed by atoms with van der Waals surface area (Å²) in [4.78, 5) is 9.57. The van der Waals surface area contributed by atoms with Gasteiger partial charge in [0.05, 0.1) is 5.56 Å². The molecule has 130 valence electrons. The summed E-state index contributed by atoms with van der Waals surface area (Å²) in [5.41, 5.74) is 6.62. The third-order valence-corrected chi connectivity index (χ3v) is 6.10. The predicted octanol–water partition coefficient (Wildman–Crippen LogP) is 4.17. The first-order valence-electron chi connectivity index (χ1n) is 8.33. The van der Waals surface area contributed by atoms with E-state index in [4.69, 9.17) is 17.3 Å². The summed E-state index contributed by atoms with van der Waals surface area (Å²) in [5.74, 6) is 1.18. The number of nitrogens with two attached hydrogens (primary N) is 1. The lowest BCUT2D eigenvalue weighted by atomic mass is 10.1. The summed E-state index contributed by atoms with van der Waals surface area (Å²) in [5, 5.41) is 14.4. The summed E-state index contributed by atoms with van der Waals surface area (Å²) in [7, 11) is 0. The van der Waals surface area contributed by atoms with Crippen molar-refractivity contribution in [2.24, 2.45) is 5.92 Å². The smallest absolute Gasteiger partial charge is 0.223 e. The summed E-state index contributed by atoms with van der Waals surface area (Å²) >= 11 is 8.10. The van der Waals surface area contributed by atoms with Crippen molar-refractivity contribution in [2.45, 2.75) is 25.3 Å². The second kappa shape index (κ2) is 6.78. The van der Waals surface area contributed by atoms with Gasteiger partial charge in [0.2, 0.25) is 5.95 Å². The van der Waals surface area contributed by atoms with Crippen molar-refractivity contribution in [3.05, 3.63) is 35.5 Å². The minimum atomic E-state index is 0.161. The summed E-state index contributed by atoms with van der Waals surface area (Å²) in [6.07, 6.45) is 2.93. The molecule has 1 aromatic carbocycles. The Hall–Kier alpha value is -1.89. The van der Waals surface area contributed by atoms with E-state index >= 15 is 0 Å². The molecule has 2 atom stereocenters. The number of aliphatic hydroxyl groups is 1. The molecule has 0 spiro atoms. The molecule has 2 heterocycles. The zero-order valence-corrected chi connectivity index (χ0v) is 15.1. The number of nitrogens with one attached hydrogen (secondary N) is 1. The number of halogens is 1. The van der Waals surface area contributed by atoms with Gasteiger partial charge in [0.1, 0.15) is 11.0 Å². The molecule has 2 aromatic heterocycles. The van der Waals surface area contributed by atoms with E-state index in [0.717, 1.165) is 29.7 Å². The first-order chi connectivity index (χ1) is 12.1. The number of aliphatic hydroxyl groups excluding tert-OH is 1. The average Bonchev–Trinajstić information content (AvgIpc) is 3.20. The molecule has 25 heavy (non-hydrogen) atoms. The van der Waals surface area contributed by atoms with Crippen molar-refractivity contribution in [1.29, 1.82) is 0 Å². The van der Waals surface area contributed by atoms with E-state index in [9.17, 15) is 5.11 Å². The summed E-state index contributed by atoms with van der Waals surface area (Å²) in [6, 6.07) is 10.6. The van der Waals surface area contributed by atoms with Gasteiger partial charge in [-0.25, -0.2) is 4.98 Å². The van der Waals surface area contributed by atoms with Gasteiger partial charge in [-0.2, -0.15) is 4.98 Å². The van der Waals surface area contributed by atoms with Crippen molar-refractivity contribution in [3.8, 4) is 10.4 Å². The molecule has 1 fully saturated rings. The maximum absolute atomic E-state index is 9.36. The molecule has 0 amide bonds. The van der Waals surface area contributed by atoms with E-state index in [2.05, 4.69) is 33.5 Å². The Bertz CT molecular complexity index is 880. The second-order valence-electron chi connectivity index (χ2n) is 6.45. The Morgan fingerprint density at radius 3 is 2.88 bits per heavy atom. The Labute approximate surface area is 154 Å². The zero-order valence-electron chi connectivity index (χ0n) is 13.6. The number of hydrogen-bond acceptors (Lipinski definition) is 6. The van der Waals surface area contributed by atoms with Crippen LogP contribution in [-0.4, -0.2) is 27.7 Å². The number of fused-ring (bicyclic) bond motifs is 1. The third-order valence-electron chi connectivity index (χ3n) is 4.69. The number of anilines is 2. The van der Waals surface area contributed by atoms with Crippen molar-refractivity contribution in [3.63, 3.8) is 0 Å². The highest BCUT2D eigenvalue weighted by molar-refractivity contribution is 7.22. The van der Waals surface area contributed by atoms with E-state index in [1.54, 1.807) is 11.3 Å². The quantitative estimate of drug-likeness (QED) is 0.597. The van der Waals surface area contributed by atoms with Crippen molar-refractivity contribution < 1.29 is 5.11 Å². The third kappa shape index (κ3) is 3.29. The minimum absolute atomic E-state index is 0.161. The maximum Gasteiger partial charge on any atom is 0.223 e. The number of hydrogen-bond donors (Lipinski definition) is 3. The number of nitrogen functional groups attached to an aromatic ring is 1. The van der Waals surface area contributed by atoms with Crippen molar-refractivity contribution in [1.82, 2.24) is 9.97 Å². The number of rotatable bonds is 4. The number of aromatic nitrogens is 2. The van der Waals surface area contributed by atoms with E-state index < -0.39 is 0 Å². The van der Waals surface area contributed by atoms with E-state index in [1.807, 2.05) is 12.1 Å². The highest BCUT2D eigenvalue weighted by Crippen LogP contribution is 2.41. The Balaban J connectivity index is 1.73. The maximum atomic E-state index is 9.36. The molecule has 1 aliphatic carbocycles. The standard InChI is InChI=1S/C18H19ClN4OS/c19-16-15(14-8-11-3-1-2-4-13(11)25-14)17(23-18(20)22-16)21-12-6-5-10(7-12)9-24/h1-4,8,10,12,24H,5-7,9H2,(H3,20,21,22,23)/t10-,12+/m1/s1. The molecule has 3 aromatic rings. The zero-order chi connectivity index (χ0) is 17.4. The van der Waals surface area contributed by atoms with Crippen LogP contribution in [0.1, 0.15) is 19.3 Å². The average molecular weight is 375 g/mol. The van der Waals surface area contributed by atoms with Crippen LogP contribution in [0.5, 0.6) is 0 Å². The van der Waals surface area contributed by atoms with Crippen LogP contribution in [0, 0.1) is 5.92 Å². The van der Waals surface area contributed by atoms with Crippen LogP contribution >= 0.6 is 22.9 Å². The Morgan fingerprint density at radius 2 is 2.12 bits per heavy atom. The van der Waals surface area contributed by atoms with Gasteiger partial charge < -0.3 is 16.2 Å². The van der Waals surface area contributed by atoms with Gasteiger partial charge in [0.15, 0.2) is 0 Å². The second-order valence-corrected chi connectivity index (χ2v) is 7.89. The Morgan fingerprint density at radius 1 is 1.28 bits per heavy atom. The van der Waals surface area contributed by atoms with Gasteiger partial charge >= 0.3 is 0 Å². The van der Waals surface area contributed by atoms with Crippen LogP contribution in [0.4, 0.5) is 11.8 Å². The molecule has 1 saturated carbocycles. The molecule has 0 bridgehead atoms. The van der Waals surface area contributed by atoms with Gasteiger partial charge in [-0.05, 0) is 42.7 Å². The van der Waals surface area contributed by atoms with Gasteiger partial charge in [-0.1, -0.05) is 29.8 Å². The molecule has 5 nitrogen and oxygen atoms in total. The highest BCUT2D eigenvalue weighted by atomic mass is 35.5. The van der Waals surface area contributed by atoms with Gasteiger partial charge in [0.25, 0.3) is 0 Å². The van der Waals surface area contributed by atoms with E-state index in [1.165, 1.54) is 10.1 Å². The lowest BCUT2D eigenvalue weighted by Gasteiger charge is -2.17. The minimum Gasteiger partial charge on any atom is -0.396 e. The van der Waals surface area contributed by atoms with Crippen LogP contribution in [-0.2, 0) is 0 Å². The monoisotopic (exact) mass is 374 g/mol. The number of benzene rings is 1. The molecule has 7 heteroatoms. The fourth-order valence-electron chi connectivity index (χ4n) is 3.44. The SMILES string of the molecule is Nc1nc(Cl)c(-c2cc3ccccc3s2)c(N[C@H]2CC[C@@H](CO)C2)n1. The van der Waals surface area contributed by atoms with Crippen LogP contribution in [0.3, 0.4) is 0 Å². The normalized spacial score (nSPS) is 20.2. The summed E-state index contributed by atoms with van der Waals surface area (Å²) in [6.45, 7) is 0.230. The van der Waals surface area contributed by atoms with Crippen molar-refractivity contribution in [2.75, 3.05) is 17.7 Å². The molecule has 0 aliphatic heterocycles. The molecular formula is C18H19ClN4OS. The van der Waals surface area contributed by atoms with Gasteiger partial charge in [-0.15, -0.1) is 11.3 Å². The summed E-state index contributed by atoms with van der Waals surface area (Å²) < 4.78 is 1.19. The lowest BCUT2D eigenvalue weighted by molar-refractivity contribution is 0.229. The molecule has 1 aliphatic rings. The predicted molar refractivity (Wildman–Crippen MR) is 104 cm³/mol. The molecule has 4 N–H and O–H groups in total. The molecule has 4 rings (SSSR count). The van der Waals surface area contributed by atoms with Crippen LogP contribution < -0.4 is 11.1 Å². The first kappa shape index (κ1) is 16.6. The van der Waals surface area contributed by atoms with E-state index in [-0.39, 0.29) is 18.6 Å². The van der Waals surface area contributed by atoms with Gasteiger partial charge in [0, 0.05) is 22.2 Å². The molecular weight excluding hydrogens is 356 g/mol. The van der Waals surface area contributed by atoms with Crippen molar-refractivity contribution >= 4 is 44.8 Å². The topological polar surface area (TPSA) is 84.1 Å². The van der Waals surface area contributed by atoms with E-state index in [0.29, 0.717) is 16.9 Å². The van der Waals surface area contributed by atoms with Crippen LogP contribution in [0.25, 0.3) is 20.5 Å². The first-order valence-corrected chi connectivity index (χ1v) is 9.53. The largest absolute Gasteiger partial charge is 0.396 e. The molecule has 0 saturated heterocycles. The fraction of sp³-hybridized carbons (Fsp3) is 0.333. The fourth-order valence-corrected chi connectivity index (χ4v) is 4.89. The van der Waals surface area contributed by atoms with Crippen LogP contribution in [0.2, 0.25) is 5.15 Å². The number of thiophene rings is 1. The highest BCUT2D eigenvalue weighted by Gasteiger charge is 2.26. The molecule has 0 unspecified atom stereocenters.